The molecule has 0 bridgehead atoms. The molecule has 56 valence electrons. The van der Waals surface area contributed by atoms with Crippen molar-refractivity contribution in [1.82, 2.24) is 9.66 Å². The summed E-state index contributed by atoms with van der Waals surface area (Å²) in [5.74, 6) is 5.37. The third kappa shape index (κ3) is 0.706. The molecule has 0 saturated heterocycles. The lowest BCUT2D eigenvalue weighted by atomic mass is 10.4. The Morgan fingerprint density at radius 1 is 1.64 bits per heavy atom. The molecule has 2 heterocycles. The Balaban J connectivity index is 3.05. The van der Waals surface area contributed by atoms with Gasteiger partial charge in [0.15, 0.2) is 5.49 Å². The summed E-state index contributed by atoms with van der Waals surface area (Å²) in [5.41, 5.74) is 0.639. The monoisotopic (exact) mass is 150 g/mol. The maximum Gasteiger partial charge on any atom is 0.231 e. The maximum absolute atomic E-state index is 7.44. The van der Waals surface area contributed by atoms with E-state index in [1.165, 1.54) is 12.6 Å². The van der Waals surface area contributed by atoms with Crippen LogP contribution in [0.25, 0.3) is 11.1 Å². The molecule has 0 aliphatic heterocycles. The number of hydrogen-bond acceptors (Lipinski definition) is 4. The Hall–Kier alpha value is -1.78. The predicted molar refractivity (Wildman–Crippen MR) is 38.0 cm³/mol. The van der Waals surface area contributed by atoms with Crippen molar-refractivity contribution in [2.75, 3.05) is 5.84 Å². The van der Waals surface area contributed by atoms with Gasteiger partial charge < -0.3 is 10.3 Å². The first-order chi connectivity index (χ1) is 5.29. The summed E-state index contributed by atoms with van der Waals surface area (Å²) in [6.45, 7) is 0. The summed E-state index contributed by atoms with van der Waals surface area (Å²) >= 11 is 0. The zero-order valence-electron chi connectivity index (χ0n) is 5.61. The van der Waals surface area contributed by atoms with Crippen LogP contribution in [0.2, 0.25) is 0 Å². The normalized spacial score (nSPS) is 10.5. The number of furan rings is 1. The van der Waals surface area contributed by atoms with Crippen molar-refractivity contribution in [2.24, 2.45) is 0 Å². The first-order valence-corrected chi connectivity index (χ1v) is 3.03. The summed E-state index contributed by atoms with van der Waals surface area (Å²) in [7, 11) is 0. The molecule has 2 rings (SSSR count). The quantitative estimate of drug-likeness (QED) is 0.511. The molecule has 0 radical (unpaired) electrons. The van der Waals surface area contributed by atoms with Crippen LogP contribution in [0.4, 0.5) is 0 Å². The molecule has 2 aromatic heterocycles. The van der Waals surface area contributed by atoms with Crippen molar-refractivity contribution < 1.29 is 4.42 Å². The summed E-state index contributed by atoms with van der Waals surface area (Å²) < 4.78 is 6.09. The topological polar surface area (TPSA) is 80.8 Å². The van der Waals surface area contributed by atoms with Gasteiger partial charge in [0.1, 0.15) is 6.33 Å². The first-order valence-electron chi connectivity index (χ1n) is 3.03. The van der Waals surface area contributed by atoms with Gasteiger partial charge in [-0.2, -0.15) is 0 Å². The predicted octanol–water partition coefficient (Wildman–Crippen LogP) is -0.177. The van der Waals surface area contributed by atoms with Crippen molar-refractivity contribution >= 4 is 11.1 Å². The first kappa shape index (κ1) is 5.96. The molecular weight excluding hydrogens is 144 g/mol. The van der Waals surface area contributed by atoms with E-state index in [1.807, 2.05) is 0 Å². The Bertz CT molecular complexity index is 441. The fourth-order valence-electron chi connectivity index (χ4n) is 0.893. The summed E-state index contributed by atoms with van der Waals surface area (Å²) in [6, 6.07) is 1.66. The van der Waals surface area contributed by atoms with Crippen LogP contribution in [0.3, 0.4) is 0 Å². The van der Waals surface area contributed by atoms with E-state index in [4.69, 9.17) is 15.7 Å². The van der Waals surface area contributed by atoms with Gasteiger partial charge in [-0.3, -0.25) is 5.41 Å². The summed E-state index contributed by atoms with van der Waals surface area (Å²) in [5, 5.41) is 8.06. The molecule has 0 aliphatic rings. The Labute approximate surface area is 61.6 Å². The molecule has 3 N–H and O–H groups in total. The molecule has 5 heteroatoms. The molecule has 2 aromatic rings. The van der Waals surface area contributed by atoms with Gasteiger partial charge in [-0.15, -0.1) is 0 Å². The highest BCUT2D eigenvalue weighted by Crippen LogP contribution is 2.04. The molecule has 0 aliphatic carbocycles. The third-order valence-electron chi connectivity index (χ3n) is 1.46. The van der Waals surface area contributed by atoms with Crippen molar-refractivity contribution in [2.45, 2.75) is 0 Å². The number of nitrogens with zero attached hydrogens (tertiary/aromatic N) is 2. The standard InChI is InChI=1S/C6H6N4O/c7-5-4-1-2-11-6(4)9-3-10(5)8/h1-3,7H,8H2. The van der Waals surface area contributed by atoms with Crippen molar-refractivity contribution in [1.29, 1.82) is 5.41 Å². The molecule has 0 atom stereocenters. The van der Waals surface area contributed by atoms with Crippen LogP contribution in [0.15, 0.2) is 23.1 Å². The van der Waals surface area contributed by atoms with Crippen molar-refractivity contribution in [3.05, 3.63) is 24.1 Å². The second kappa shape index (κ2) is 1.85. The Morgan fingerprint density at radius 3 is 3.27 bits per heavy atom. The van der Waals surface area contributed by atoms with Crippen LogP contribution < -0.4 is 11.3 Å². The van der Waals surface area contributed by atoms with Gasteiger partial charge in [-0.05, 0) is 6.07 Å². The van der Waals surface area contributed by atoms with Gasteiger partial charge >= 0.3 is 0 Å². The number of nitrogens with one attached hydrogen (secondary N) is 1. The van der Waals surface area contributed by atoms with Gasteiger partial charge in [0.2, 0.25) is 5.71 Å². The van der Waals surface area contributed by atoms with Crippen LogP contribution in [0.1, 0.15) is 0 Å². The molecule has 5 nitrogen and oxygen atoms in total. The minimum Gasteiger partial charge on any atom is -0.446 e. The van der Waals surface area contributed by atoms with E-state index >= 15 is 0 Å². The average molecular weight is 150 g/mol. The number of nitrogens with two attached hydrogens (primary N) is 1. The summed E-state index contributed by atoms with van der Waals surface area (Å²) in [4.78, 5) is 3.85. The van der Waals surface area contributed by atoms with Crippen LogP contribution in [-0.4, -0.2) is 9.66 Å². The lowest BCUT2D eigenvalue weighted by Crippen LogP contribution is -2.26. The Morgan fingerprint density at radius 2 is 2.45 bits per heavy atom. The number of aromatic nitrogens is 2. The van der Waals surface area contributed by atoms with Crippen molar-refractivity contribution in [3.8, 4) is 0 Å². The smallest absolute Gasteiger partial charge is 0.231 e. The second-order valence-electron chi connectivity index (χ2n) is 2.14. The van der Waals surface area contributed by atoms with Gasteiger partial charge in [-0.1, -0.05) is 0 Å². The van der Waals surface area contributed by atoms with Crippen LogP contribution >= 0.6 is 0 Å². The van der Waals surface area contributed by atoms with Gasteiger partial charge in [0.25, 0.3) is 0 Å². The minimum atomic E-state index is 0.198. The maximum atomic E-state index is 7.44. The Kier molecular flexibility index (Phi) is 1.00. The van der Waals surface area contributed by atoms with E-state index in [2.05, 4.69) is 4.98 Å². The molecule has 0 spiro atoms. The van der Waals surface area contributed by atoms with Crippen LogP contribution in [-0.2, 0) is 0 Å². The summed E-state index contributed by atoms with van der Waals surface area (Å²) in [6.07, 6.45) is 2.82. The SMILES string of the molecule is N=c1c2ccoc2ncn1N. The number of fused-ring (bicyclic) bond motifs is 1. The number of hydrogen-bond donors (Lipinski definition) is 2. The van der Waals surface area contributed by atoms with E-state index in [-0.39, 0.29) is 5.49 Å². The minimum absolute atomic E-state index is 0.198. The highest BCUT2D eigenvalue weighted by atomic mass is 16.3. The van der Waals surface area contributed by atoms with E-state index in [0.29, 0.717) is 11.1 Å². The number of rotatable bonds is 0. The van der Waals surface area contributed by atoms with E-state index in [0.717, 1.165) is 4.68 Å². The lowest BCUT2D eigenvalue weighted by molar-refractivity contribution is 0.599. The lowest BCUT2D eigenvalue weighted by Gasteiger charge is -1.95. The highest BCUT2D eigenvalue weighted by Gasteiger charge is 1.99. The second-order valence-corrected chi connectivity index (χ2v) is 2.14. The zero-order chi connectivity index (χ0) is 7.84. The molecule has 0 amide bonds. The van der Waals surface area contributed by atoms with Crippen molar-refractivity contribution in [3.63, 3.8) is 0 Å². The highest BCUT2D eigenvalue weighted by molar-refractivity contribution is 5.70. The van der Waals surface area contributed by atoms with E-state index in [9.17, 15) is 0 Å². The van der Waals surface area contributed by atoms with E-state index < -0.39 is 0 Å². The van der Waals surface area contributed by atoms with E-state index in [1.54, 1.807) is 6.07 Å². The molecule has 0 unspecified atom stereocenters. The van der Waals surface area contributed by atoms with Crippen LogP contribution in [0, 0.1) is 5.41 Å². The molecule has 0 saturated carbocycles. The average Bonchev–Trinajstić information content (AvgIpc) is 2.45. The third-order valence-corrected chi connectivity index (χ3v) is 1.46. The molecule has 0 aromatic carbocycles. The largest absolute Gasteiger partial charge is 0.446 e. The molecular formula is C6H6N4O. The van der Waals surface area contributed by atoms with Gasteiger partial charge in [0, 0.05) is 0 Å². The zero-order valence-corrected chi connectivity index (χ0v) is 5.61. The fourth-order valence-corrected chi connectivity index (χ4v) is 0.893. The van der Waals surface area contributed by atoms with Crippen LogP contribution in [0.5, 0.6) is 0 Å². The molecule has 11 heavy (non-hydrogen) atoms. The van der Waals surface area contributed by atoms with Gasteiger partial charge in [0.05, 0.1) is 11.6 Å². The fraction of sp³-hybridized carbons (Fsp3) is 0. The van der Waals surface area contributed by atoms with Gasteiger partial charge in [-0.25, -0.2) is 9.66 Å². The number of nitrogen functional groups attached to an aromatic ring is 1. The molecule has 0 fully saturated rings.